The van der Waals surface area contributed by atoms with Crippen molar-refractivity contribution in [2.45, 2.75) is 109 Å². The molecule has 0 heterocycles. The predicted octanol–water partition coefficient (Wildman–Crippen LogP) is 10.7. The third-order valence-electron chi connectivity index (χ3n) is 11.2. The number of ether oxygens (including phenoxy) is 4. The van der Waals surface area contributed by atoms with Crippen LogP contribution in [-0.2, 0) is 30.5 Å². The molecule has 7 nitrogen and oxygen atoms in total. The van der Waals surface area contributed by atoms with Crippen molar-refractivity contribution in [3.05, 3.63) is 78.9 Å². The van der Waals surface area contributed by atoms with Crippen molar-refractivity contribution in [1.29, 1.82) is 0 Å². The smallest absolute Gasteiger partial charge is 0.431 e. The van der Waals surface area contributed by atoms with Gasteiger partial charge < -0.3 is 18.9 Å². The van der Waals surface area contributed by atoms with Crippen LogP contribution in [0.25, 0.3) is 0 Å². The van der Waals surface area contributed by atoms with Gasteiger partial charge in [-0.15, -0.1) is 0 Å². The van der Waals surface area contributed by atoms with E-state index >= 15 is 0 Å². The summed E-state index contributed by atoms with van der Waals surface area (Å²) in [5, 5.41) is -5.75. The van der Waals surface area contributed by atoms with Gasteiger partial charge in [0, 0.05) is 5.92 Å². The molecule has 59 heavy (non-hydrogen) atoms. The van der Waals surface area contributed by atoms with Crippen molar-refractivity contribution in [3.8, 4) is 11.5 Å². The number of alkyl halides is 10. The molecular formula is C40H43F10O7S2+. The minimum atomic E-state index is -6.41. The molecule has 4 bridgehead atoms. The number of hydrogen-bond donors (Lipinski definition) is 1. The first-order valence-electron chi connectivity index (χ1n) is 18.9. The summed E-state index contributed by atoms with van der Waals surface area (Å²) in [6.07, 6.45) is -11.6. The second kappa shape index (κ2) is 16.9. The van der Waals surface area contributed by atoms with Gasteiger partial charge in [0.2, 0.25) is 0 Å². The Morgan fingerprint density at radius 2 is 1.14 bits per heavy atom. The molecule has 2 atom stereocenters. The largest absolute Gasteiger partial charge is 0.493 e. The molecule has 4 aliphatic rings. The summed E-state index contributed by atoms with van der Waals surface area (Å²) in [7, 11) is -7.38. The molecular weight excluding hydrogens is 847 g/mol. The van der Waals surface area contributed by atoms with E-state index in [-0.39, 0.29) is 23.3 Å². The number of benzene rings is 3. The lowest BCUT2D eigenvalue weighted by Gasteiger charge is -2.55. The van der Waals surface area contributed by atoms with Crippen LogP contribution in [0.5, 0.6) is 11.5 Å². The van der Waals surface area contributed by atoms with Gasteiger partial charge in [-0.3, -0.25) is 4.55 Å². The van der Waals surface area contributed by atoms with E-state index in [4.69, 9.17) is 23.5 Å². The number of halogens is 10. The molecule has 1 N–H and O–H groups in total. The van der Waals surface area contributed by atoms with Crippen molar-refractivity contribution in [2.75, 3.05) is 13.2 Å². The topological polar surface area (TPSA) is 91.3 Å². The maximum atomic E-state index is 14.8. The highest BCUT2D eigenvalue weighted by molar-refractivity contribution is 7.97. The quantitative estimate of drug-likeness (QED) is 0.0625. The van der Waals surface area contributed by atoms with E-state index in [2.05, 4.69) is 0 Å². The molecule has 2 unspecified atom stereocenters. The summed E-state index contributed by atoms with van der Waals surface area (Å²) in [4.78, 5) is 1.85. The van der Waals surface area contributed by atoms with Crippen molar-refractivity contribution >= 4 is 21.0 Å². The molecule has 326 valence electrons. The second-order valence-electron chi connectivity index (χ2n) is 15.7. The maximum Gasteiger partial charge on any atom is 0.431 e. The normalized spacial score (nSPS) is 23.7. The Morgan fingerprint density at radius 3 is 1.58 bits per heavy atom. The van der Waals surface area contributed by atoms with Crippen molar-refractivity contribution in [1.82, 2.24) is 0 Å². The highest BCUT2D eigenvalue weighted by Crippen LogP contribution is 2.56. The maximum absolute atomic E-state index is 14.8. The van der Waals surface area contributed by atoms with E-state index < -0.39 is 88.1 Å². The van der Waals surface area contributed by atoms with Gasteiger partial charge in [-0.2, -0.15) is 52.3 Å². The molecule has 3 aromatic carbocycles. The van der Waals surface area contributed by atoms with Gasteiger partial charge in [-0.25, -0.2) is 0 Å². The fourth-order valence-corrected chi connectivity index (χ4v) is 10.9. The van der Waals surface area contributed by atoms with Gasteiger partial charge in [-0.1, -0.05) is 32.0 Å². The molecule has 0 saturated heterocycles. The highest BCUT2D eigenvalue weighted by atomic mass is 32.2. The van der Waals surface area contributed by atoms with Crippen LogP contribution < -0.4 is 9.47 Å². The van der Waals surface area contributed by atoms with E-state index in [1.165, 1.54) is 62.4 Å². The third-order valence-corrected chi connectivity index (χ3v) is 14.4. The van der Waals surface area contributed by atoms with E-state index in [0.717, 1.165) is 37.0 Å². The van der Waals surface area contributed by atoms with Crippen LogP contribution in [-0.4, -0.2) is 67.7 Å². The van der Waals surface area contributed by atoms with Crippen molar-refractivity contribution < 1.29 is 75.8 Å². The zero-order chi connectivity index (χ0) is 43.2. The van der Waals surface area contributed by atoms with Gasteiger partial charge in [-0.05, 0) is 116 Å². The first-order valence-corrected chi connectivity index (χ1v) is 21.5. The van der Waals surface area contributed by atoms with E-state index in [0.29, 0.717) is 21.6 Å². The minimum absolute atomic E-state index is 0.0516. The molecule has 19 heteroatoms. The third kappa shape index (κ3) is 9.48. The van der Waals surface area contributed by atoms with Crippen LogP contribution in [0.4, 0.5) is 43.9 Å². The fraction of sp³-hybridized carbons (Fsp3) is 0.550. The first kappa shape index (κ1) is 45.3. The van der Waals surface area contributed by atoms with Gasteiger partial charge in [0.25, 0.3) is 5.60 Å². The van der Waals surface area contributed by atoms with Gasteiger partial charge >= 0.3 is 33.6 Å². The zero-order valence-electron chi connectivity index (χ0n) is 31.7. The summed E-state index contributed by atoms with van der Waals surface area (Å²) in [5.74, 6) is -5.27. The molecule has 0 aromatic heterocycles. The summed E-state index contributed by atoms with van der Waals surface area (Å²) in [6.45, 7) is -0.0981. The molecule has 0 amide bonds. The predicted molar refractivity (Wildman–Crippen MR) is 195 cm³/mol. The molecule has 0 radical (unpaired) electrons. The van der Waals surface area contributed by atoms with Gasteiger partial charge in [0.05, 0.1) is 30.0 Å². The van der Waals surface area contributed by atoms with Gasteiger partial charge in [0.1, 0.15) is 18.1 Å². The average Bonchev–Trinajstić information content (AvgIpc) is 3.13. The Kier molecular flexibility index (Phi) is 13.0. The lowest BCUT2D eigenvalue weighted by Crippen LogP contribution is -2.64. The standard InChI is InChI=1S/C40H42F10O7S2/c1-24(2)35(56-34-27-19-25-18-26(21-27)22-28(34)20-25)57-36(38(43,44)45,39(46,47)48)23-55-30-10-14-33(15-11-30)58(31-6-4-3-5-7-31)32-12-8-29(9-13-32)54-17-16-37(41,42)40(49,50)59(51,52)53/h3-15,24-28,34-35H,16-23H2,1-2H3/p+1. The van der Waals surface area contributed by atoms with E-state index in [1.807, 2.05) is 0 Å². The Balaban J connectivity index is 1.18. The average molecular weight is 890 g/mol. The van der Waals surface area contributed by atoms with Crippen LogP contribution >= 0.6 is 0 Å². The van der Waals surface area contributed by atoms with Crippen LogP contribution in [0.2, 0.25) is 0 Å². The molecule has 3 aromatic rings. The molecule has 4 aliphatic carbocycles. The highest BCUT2D eigenvalue weighted by Gasteiger charge is 2.74. The Bertz CT molecular complexity index is 1930. The Morgan fingerprint density at radius 1 is 0.678 bits per heavy atom. The van der Waals surface area contributed by atoms with Crippen molar-refractivity contribution in [2.24, 2.45) is 29.6 Å². The lowest BCUT2D eigenvalue weighted by molar-refractivity contribution is -0.423. The number of hydrogen-bond acceptors (Lipinski definition) is 6. The molecule has 7 rings (SSSR count). The SMILES string of the molecule is CC(C)C(OC1C2CC3CC(C2)CC1C3)OC(COc1ccc([S+](c2ccccc2)c2ccc(OCCC(F)(F)C(F)(F)S(=O)(=O)O)cc2)cc1)(C(F)(F)F)C(F)(F)F. The lowest BCUT2D eigenvalue weighted by atomic mass is 9.55. The molecule has 0 spiro atoms. The number of rotatable bonds is 17. The Labute approximate surface area is 337 Å². The summed E-state index contributed by atoms with van der Waals surface area (Å²) >= 11 is 0. The Hall–Kier alpha value is -3.26. The fourth-order valence-electron chi connectivity index (χ4n) is 8.39. The molecule has 4 fully saturated rings. The summed E-state index contributed by atoms with van der Waals surface area (Å²) in [5.41, 5.74) is -4.73. The summed E-state index contributed by atoms with van der Waals surface area (Å²) < 4.78 is 195. The van der Waals surface area contributed by atoms with Crippen LogP contribution in [0.1, 0.15) is 52.4 Å². The van der Waals surface area contributed by atoms with Crippen LogP contribution in [0.15, 0.2) is 93.5 Å². The monoisotopic (exact) mass is 889 g/mol. The van der Waals surface area contributed by atoms with Gasteiger partial charge in [0.15, 0.2) is 21.0 Å². The minimum Gasteiger partial charge on any atom is -0.493 e. The molecule has 0 aliphatic heterocycles. The molecule has 4 saturated carbocycles. The van der Waals surface area contributed by atoms with E-state index in [9.17, 15) is 52.3 Å². The van der Waals surface area contributed by atoms with Crippen molar-refractivity contribution in [3.63, 3.8) is 0 Å². The zero-order valence-corrected chi connectivity index (χ0v) is 33.3. The van der Waals surface area contributed by atoms with E-state index in [1.54, 1.807) is 30.3 Å². The second-order valence-corrected chi connectivity index (χ2v) is 19.2. The summed E-state index contributed by atoms with van der Waals surface area (Å²) in [6, 6.07) is 19.8. The van der Waals surface area contributed by atoms with Crippen LogP contribution in [0.3, 0.4) is 0 Å². The van der Waals surface area contributed by atoms with Crippen LogP contribution in [0, 0.1) is 29.6 Å². The first-order chi connectivity index (χ1) is 27.4.